The number of carbonyl (C=O) groups is 3. The van der Waals surface area contributed by atoms with Gasteiger partial charge in [-0.15, -0.1) is 0 Å². The van der Waals surface area contributed by atoms with Gasteiger partial charge in [-0.3, -0.25) is 19.3 Å². The van der Waals surface area contributed by atoms with Gasteiger partial charge in [0, 0.05) is 45.8 Å². The molecule has 3 amide bonds. The second-order valence-electron chi connectivity index (χ2n) is 29.5. The van der Waals surface area contributed by atoms with Gasteiger partial charge in [0.2, 0.25) is 17.7 Å². The van der Waals surface area contributed by atoms with E-state index >= 15 is 0 Å². The molecule has 0 aromatic heterocycles. The molecule has 0 aliphatic carbocycles. The van der Waals surface area contributed by atoms with Crippen LogP contribution < -0.4 is 21.3 Å². The van der Waals surface area contributed by atoms with Crippen LogP contribution >= 0.6 is 0 Å². The Labute approximate surface area is 586 Å². The average molecular weight is 1330 g/mol. The molecule has 0 spiro atoms. The van der Waals surface area contributed by atoms with Gasteiger partial charge < -0.3 is 41.3 Å². The van der Waals surface area contributed by atoms with E-state index in [2.05, 4.69) is 65.7 Å². The van der Waals surface area contributed by atoms with Crippen molar-refractivity contribution < 1.29 is 24.6 Å². The van der Waals surface area contributed by atoms with Crippen molar-refractivity contribution in [2.24, 2.45) is 0 Å². The zero-order valence-electron chi connectivity index (χ0n) is 64.0. The van der Waals surface area contributed by atoms with Crippen molar-refractivity contribution in [1.82, 2.24) is 36.0 Å². The second-order valence-corrected chi connectivity index (χ2v) is 29.5. The highest BCUT2D eigenvalue weighted by atomic mass is 16.3. The minimum absolute atomic E-state index is 0.00823. The van der Waals surface area contributed by atoms with Crippen LogP contribution in [0.25, 0.3) is 0 Å². The minimum atomic E-state index is -0.705. The lowest BCUT2D eigenvalue weighted by molar-refractivity contribution is -0.126. The summed E-state index contributed by atoms with van der Waals surface area (Å²) in [6.07, 6.45) is 72.8. The number of unbranched alkanes of at least 4 members (excludes halogenated alkanes) is 52. The zero-order chi connectivity index (χ0) is 68.4. The third kappa shape index (κ3) is 71.5. The van der Waals surface area contributed by atoms with E-state index in [9.17, 15) is 24.6 Å². The van der Waals surface area contributed by atoms with Gasteiger partial charge in [-0.05, 0) is 71.1 Å². The van der Waals surface area contributed by atoms with Gasteiger partial charge in [-0.2, -0.15) is 0 Å². The number of nitrogens with zero attached hydrogens (tertiary/aromatic N) is 3. The molecular formula is C82H167N7O5. The Morgan fingerprint density at radius 1 is 0.255 bits per heavy atom. The maximum atomic E-state index is 13.6. The van der Waals surface area contributed by atoms with Crippen LogP contribution in [0.2, 0.25) is 0 Å². The highest BCUT2D eigenvalue weighted by molar-refractivity contribution is 5.81. The van der Waals surface area contributed by atoms with Crippen LogP contribution in [0.4, 0.5) is 0 Å². The smallest absolute Gasteiger partial charge is 0.234 e. The molecule has 0 heterocycles. The SMILES string of the molecule is CCCCCCCCCCCCCCCCN(CCCCN(CCCCCCCCCCCCCC)CC(O)CN(CC(=O)NCCCCCCCCCCCC)CC(=O)NCCCCCCCCCCCC)CC(O)CNCC(=O)NCCCCCCCCCCCC. The molecule has 560 valence electrons. The number of hydrogen-bond acceptors (Lipinski definition) is 9. The quantitative estimate of drug-likeness (QED) is 0.0327. The van der Waals surface area contributed by atoms with Gasteiger partial charge in [-0.1, -0.05) is 362 Å². The van der Waals surface area contributed by atoms with Crippen molar-refractivity contribution >= 4 is 17.7 Å². The first-order chi connectivity index (χ1) is 46.2. The highest BCUT2D eigenvalue weighted by Gasteiger charge is 2.21. The van der Waals surface area contributed by atoms with Gasteiger partial charge >= 0.3 is 0 Å². The number of aliphatic hydroxyl groups excluding tert-OH is 2. The Hall–Kier alpha value is -1.83. The van der Waals surface area contributed by atoms with Gasteiger partial charge in [0.05, 0.1) is 31.8 Å². The fourth-order valence-electron chi connectivity index (χ4n) is 13.6. The lowest BCUT2D eigenvalue weighted by Gasteiger charge is -2.29. The normalized spacial score (nSPS) is 12.4. The molecule has 12 nitrogen and oxygen atoms in total. The molecule has 2 atom stereocenters. The molecule has 0 saturated heterocycles. The van der Waals surface area contributed by atoms with E-state index in [1.807, 2.05) is 4.90 Å². The number of carbonyl (C=O) groups excluding carboxylic acids is 3. The van der Waals surface area contributed by atoms with E-state index in [1.165, 1.54) is 308 Å². The molecule has 0 bridgehead atoms. The summed E-state index contributed by atoms with van der Waals surface area (Å²) in [4.78, 5) is 46.7. The Kier molecular flexibility index (Phi) is 75.4. The molecule has 0 aliphatic heterocycles. The van der Waals surface area contributed by atoms with Gasteiger partial charge in [0.15, 0.2) is 0 Å². The van der Waals surface area contributed by atoms with Gasteiger partial charge in [-0.25, -0.2) is 0 Å². The standard InChI is InChI=1S/C82H167N7O5/c1-6-11-16-21-26-31-36-38-39-41-46-50-55-60-67-87(73-78(90)71-83-72-80(92)84-64-57-52-47-42-33-28-23-18-13-8-3)69-62-63-70-88(68-61-56-51-45-40-37-32-27-22-17-12-7-2)74-79(91)75-89(76-81(93)85-65-58-53-48-43-34-29-24-19-14-9-4)77-82(94)86-66-59-54-49-44-35-30-25-20-15-10-5/h78-79,83,90-91H,6-77H2,1-5H3,(H,84,92)(H,85,93)(H,86,94). The Balaban J connectivity index is 5.80. The highest BCUT2D eigenvalue weighted by Crippen LogP contribution is 2.18. The topological polar surface area (TPSA) is 150 Å². The van der Waals surface area contributed by atoms with Crippen LogP contribution in [-0.2, 0) is 14.4 Å². The molecule has 0 aromatic rings. The number of amides is 3. The first kappa shape index (κ1) is 92.2. The third-order valence-electron chi connectivity index (χ3n) is 19.7. The van der Waals surface area contributed by atoms with Gasteiger partial charge in [0.25, 0.3) is 0 Å². The van der Waals surface area contributed by atoms with Crippen molar-refractivity contribution in [1.29, 1.82) is 0 Å². The molecule has 6 N–H and O–H groups in total. The van der Waals surface area contributed by atoms with Crippen molar-refractivity contribution in [2.45, 2.75) is 419 Å². The van der Waals surface area contributed by atoms with Gasteiger partial charge in [0.1, 0.15) is 0 Å². The Morgan fingerprint density at radius 2 is 0.457 bits per heavy atom. The summed E-state index contributed by atoms with van der Waals surface area (Å²) in [7, 11) is 0. The molecule has 0 saturated carbocycles. The zero-order valence-corrected chi connectivity index (χ0v) is 64.0. The van der Waals surface area contributed by atoms with Crippen LogP contribution in [0, 0.1) is 0 Å². The molecular weight excluding hydrogens is 1160 g/mol. The summed E-state index contributed by atoms with van der Waals surface area (Å²) >= 11 is 0. The number of nitrogens with one attached hydrogen (secondary N) is 4. The summed E-state index contributed by atoms with van der Waals surface area (Å²) in [5, 5.41) is 36.1. The first-order valence-electron chi connectivity index (χ1n) is 42.2. The monoisotopic (exact) mass is 1330 g/mol. The average Bonchev–Trinajstić information content (AvgIpc) is 2.61. The van der Waals surface area contributed by atoms with Crippen molar-refractivity contribution in [3.8, 4) is 0 Å². The van der Waals surface area contributed by atoms with Crippen molar-refractivity contribution in [2.75, 3.05) is 91.6 Å². The van der Waals surface area contributed by atoms with Crippen molar-refractivity contribution in [3.63, 3.8) is 0 Å². The van der Waals surface area contributed by atoms with E-state index in [4.69, 9.17) is 0 Å². The van der Waals surface area contributed by atoms with Crippen LogP contribution in [0.15, 0.2) is 0 Å². The number of hydrogen-bond donors (Lipinski definition) is 6. The van der Waals surface area contributed by atoms with Crippen LogP contribution in [0.3, 0.4) is 0 Å². The largest absolute Gasteiger partial charge is 0.390 e. The molecule has 94 heavy (non-hydrogen) atoms. The molecule has 0 aromatic carbocycles. The second kappa shape index (κ2) is 76.9. The summed E-state index contributed by atoms with van der Waals surface area (Å²) in [6.45, 7) is 19.3. The molecule has 0 rings (SSSR count). The fraction of sp³-hybridized carbons (Fsp3) is 0.963. The lowest BCUT2D eigenvalue weighted by atomic mass is 10.0. The lowest BCUT2D eigenvalue weighted by Crippen LogP contribution is -2.48. The maximum absolute atomic E-state index is 13.6. The Bertz CT molecular complexity index is 1490. The molecule has 0 radical (unpaired) electrons. The summed E-state index contributed by atoms with van der Waals surface area (Å²) < 4.78 is 0. The third-order valence-corrected chi connectivity index (χ3v) is 19.7. The van der Waals surface area contributed by atoms with E-state index in [0.717, 1.165) is 96.9 Å². The van der Waals surface area contributed by atoms with E-state index in [0.29, 0.717) is 32.7 Å². The molecule has 0 fully saturated rings. The first-order valence-corrected chi connectivity index (χ1v) is 42.2. The minimum Gasteiger partial charge on any atom is -0.390 e. The predicted molar refractivity (Wildman–Crippen MR) is 409 cm³/mol. The van der Waals surface area contributed by atoms with E-state index in [1.54, 1.807) is 0 Å². The number of rotatable bonds is 80. The Morgan fingerprint density at radius 3 is 0.723 bits per heavy atom. The molecule has 2 unspecified atom stereocenters. The van der Waals surface area contributed by atoms with Crippen molar-refractivity contribution in [3.05, 3.63) is 0 Å². The van der Waals surface area contributed by atoms with Crippen LogP contribution in [0.1, 0.15) is 407 Å². The van der Waals surface area contributed by atoms with Crippen LogP contribution in [-0.4, -0.2) is 146 Å². The fourth-order valence-corrected chi connectivity index (χ4v) is 13.6. The summed E-state index contributed by atoms with van der Waals surface area (Å²) in [5.74, 6) is -0.133. The molecule has 0 aliphatic rings. The van der Waals surface area contributed by atoms with Crippen LogP contribution in [0.5, 0.6) is 0 Å². The predicted octanol–water partition coefficient (Wildman–Crippen LogP) is 20.3. The number of aliphatic hydroxyl groups is 2. The summed E-state index contributed by atoms with van der Waals surface area (Å²) in [6, 6.07) is 0. The summed E-state index contributed by atoms with van der Waals surface area (Å²) in [5.41, 5.74) is 0. The van der Waals surface area contributed by atoms with E-state index < -0.39 is 12.2 Å². The maximum Gasteiger partial charge on any atom is 0.234 e. The van der Waals surface area contributed by atoms with E-state index in [-0.39, 0.29) is 43.9 Å². The molecule has 12 heteroatoms.